The first-order valence-electron chi connectivity index (χ1n) is 6.06. The molecular weight excluding hydrogens is 386 g/mol. The highest BCUT2D eigenvalue weighted by Crippen LogP contribution is 2.35. The van der Waals surface area contributed by atoms with Crippen LogP contribution in [0.3, 0.4) is 0 Å². The summed E-state index contributed by atoms with van der Waals surface area (Å²) in [6, 6.07) is 5.63. The van der Waals surface area contributed by atoms with Crippen molar-refractivity contribution in [1.82, 2.24) is 0 Å². The molecule has 20 heavy (non-hydrogen) atoms. The number of carbonyl (C=O) groups excluding carboxylic acids is 1. The molecule has 0 heterocycles. The summed E-state index contributed by atoms with van der Waals surface area (Å²) in [7, 11) is 0. The Bertz CT molecular complexity index is 513. The molecule has 110 valence electrons. The van der Waals surface area contributed by atoms with Crippen molar-refractivity contribution in [3.05, 3.63) is 27.3 Å². The van der Waals surface area contributed by atoms with Crippen LogP contribution in [0.15, 0.2) is 18.2 Å². The number of ether oxygens (including phenoxy) is 1. The Morgan fingerprint density at radius 1 is 1.40 bits per heavy atom. The van der Waals surface area contributed by atoms with Gasteiger partial charge in [-0.2, -0.15) is 0 Å². The van der Waals surface area contributed by atoms with Gasteiger partial charge in [0.05, 0.1) is 6.10 Å². The lowest BCUT2D eigenvalue weighted by atomic mass is 9.81. The molecule has 3 nitrogen and oxygen atoms in total. The molecule has 0 radical (unpaired) electrons. The second-order valence-corrected chi connectivity index (χ2v) is 6.05. The van der Waals surface area contributed by atoms with Crippen molar-refractivity contribution in [3.63, 3.8) is 0 Å². The molecule has 1 fully saturated rings. The Hall–Kier alpha value is -0.830. The lowest BCUT2D eigenvalue weighted by Gasteiger charge is -2.34. The Labute approximate surface area is 128 Å². The zero-order valence-corrected chi connectivity index (χ0v) is 12.8. The molecule has 1 aliphatic rings. The number of benzene rings is 1. The van der Waals surface area contributed by atoms with Crippen LogP contribution in [-0.2, 0) is 9.53 Å². The van der Waals surface area contributed by atoms with E-state index in [0.717, 1.165) is 9.13 Å². The van der Waals surface area contributed by atoms with Crippen molar-refractivity contribution in [1.29, 1.82) is 0 Å². The van der Waals surface area contributed by atoms with E-state index in [-0.39, 0.29) is 18.7 Å². The van der Waals surface area contributed by atoms with Gasteiger partial charge in [-0.05, 0) is 60.1 Å². The largest absolute Gasteiger partial charge is 0.522 e. The molecule has 0 unspecified atom stereocenters. The fourth-order valence-electron chi connectivity index (χ4n) is 2.03. The van der Waals surface area contributed by atoms with Crippen molar-refractivity contribution in [3.8, 4) is 0 Å². The minimum atomic E-state index is -4.63. The Morgan fingerprint density at radius 3 is 2.65 bits per heavy atom. The number of hydrogen-bond donors (Lipinski definition) is 1. The summed E-state index contributed by atoms with van der Waals surface area (Å²) in [5.41, 5.74) is 1.61. The number of rotatable bonds is 3. The van der Waals surface area contributed by atoms with Gasteiger partial charge in [0.1, 0.15) is 0 Å². The van der Waals surface area contributed by atoms with Crippen molar-refractivity contribution < 1.29 is 22.7 Å². The van der Waals surface area contributed by atoms with Crippen molar-refractivity contribution in [2.24, 2.45) is 5.92 Å². The van der Waals surface area contributed by atoms with E-state index in [2.05, 4.69) is 32.6 Å². The molecular formula is C13H13F3INO2. The van der Waals surface area contributed by atoms with Crippen LogP contribution in [-0.4, -0.2) is 18.4 Å². The smallest absolute Gasteiger partial charge is 0.326 e. The van der Waals surface area contributed by atoms with Gasteiger partial charge in [0, 0.05) is 15.2 Å². The molecule has 1 aromatic carbocycles. The number of amides is 1. The van der Waals surface area contributed by atoms with Crippen LogP contribution < -0.4 is 5.32 Å². The molecule has 1 N–H and O–H groups in total. The van der Waals surface area contributed by atoms with Crippen LogP contribution in [0, 0.1) is 16.4 Å². The minimum absolute atomic E-state index is 0.105. The van der Waals surface area contributed by atoms with E-state index in [1.807, 2.05) is 25.1 Å². The molecule has 1 amide bonds. The van der Waals surface area contributed by atoms with E-state index in [1.54, 1.807) is 0 Å². The van der Waals surface area contributed by atoms with Crippen LogP contribution in [0.5, 0.6) is 0 Å². The molecule has 2 rings (SSSR count). The standard InChI is InChI=1S/C13H13F3INO2/c1-7-2-3-9(17)6-11(7)18-12(19)8-4-10(5-8)20-13(14,15)16/h2-3,6,8,10H,4-5H2,1H3,(H,18,19). The normalized spacial score (nSPS) is 22.2. The second-order valence-electron chi connectivity index (χ2n) is 4.80. The predicted molar refractivity (Wildman–Crippen MR) is 76.2 cm³/mol. The Kier molecular flexibility index (Phi) is 4.58. The summed E-state index contributed by atoms with van der Waals surface area (Å²) in [6.07, 6.45) is -5.32. The van der Waals surface area contributed by atoms with Crippen LogP contribution in [0.4, 0.5) is 18.9 Å². The molecule has 7 heteroatoms. The third-order valence-electron chi connectivity index (χ3n) is 3.22. The zero-order valence-electron chi connectivity index (χ0n) is 10.6. The number of carbonyl (C=O) groups is 1. The number of aryl methyl sites for hydroxylation is 1. The highest BCUT2D eigenvalue weighted by atomic mass is 127. The summed E-state index contributed by atoms with van der Waals surface area (Å²) in [6.45, 7) is 1.86. The third-order valence-corrected chi connectivity index (χ3v) is 3.89. The van der Waals surface area contributed by atoms with Crippen LogP contribution in [0.25, 0.3) is 0 Å². The van der Waals surface area contributed by atoms with Gasteiger partial charge in [0.2, 0.25) is 5.91 Å². The maximum Gasteiger partial charge on any atom is 0.522 e. The quantitative estimate of drug-likeness (QED) is 0.785. The molecule has 1 saturated carbocycles. The number of hydrogen-bond acceptors (Lipinski definition) is 2. The first-order valence-corrected chi connectivity index (χ1v) is 7.14. The van der Waals surface area contributed by atoms with E-state index in [4.69, 9.17) is 0 Å². The van der Waals surface area contributed by atoms with E-state index < -0.39 is 18.4 Å². The molecule has 0 bridgehead atoms. The highest BCUT2D eigenvalue weighted by Gasteiger charge is 2.42. The Morgan fingerprint density at radius 2 is 2.05 bits per heavy atom. The summed E-state index contributed by atoms with van der Waals surface area (Å²) in [4.78, 5) is 11.9. The number of halogens is 4. The van der Waals surface area contributed by atoms with Crippen molar-refractivity contribution in [2.45, 2.75) is 32.2 Å². The molecule has 0 aliphatic heterocycles. The van der Waals surface area contributed by atoms with Gasteiger partial charge in [0.25, 0.3) is 0 Å². The SMILES string of the molecule is Cc1ccc(I)cc1NC(=O)C1CC(OC(F)(F)F)C1. The van der Waals surface area contributed by atoms with Crippen LogP contribution >= 0.6 is 22.6 Å². The molecule has 0 aromatic heterocycles. The number of alkyl halides is 3. The van der Waals surface area contributed by atoms with E-state index >= 15 is 0 Å². The predicted octanol–water partition coefficient (Wildman–Crippen LogP) is 3.85. The summed E-state index contributed by atoms with van der Waals surface area (Å²) < 4.78 is 40.8. The molecule has 1 aliphatic carbocycles. The first-order chi connectivity index (χ1) is 9.24. The van der Waals surface area contributed by atoms with Crippen molar-refractivity contribution >= 4 is 34.2 Å². The third kappa shape index (κ3) is 4.08. The second kappa shape index (κ2) is 5.88. The fourth-order valence-corrected chi connectivity index (χ4v) is 2.52. The maximum atomic E-state index is 12.0. The molecule has 0 atom stereocenters. The lowest BCUT2D eigenvalue weighted by Crippen LogP contribution is -2.41. The molecule has 0 spiro atoms. The number of anilines is 1. The zero-order chi connectivity index (χ0) is 14.9. The van der Waals surface area contributed by atoms with Gasteiger partial charge in [0.15, 0.2) is 0 Å². The average Bonchev–Trinajstić information content (AvgIpc) is 2.26. The Balaban J connectivity index is 1.87. The summed E-state index contributed by atoms with van der Waals surface area (Å²) >= 11 is 2.13. The van der Waals surface area contributed by atoms with E-state index in [9.17, 15) is 18.0 Å². The maximum absolute atomic E-state index is 12.0. The van der Waals surface area contributed by atoms with Gasteiger partial charge in [-0.25, -0.2) is 0 Å². The monoisotopic (exact) mass is 399 g/mol. The first kappa shape index (κ1) is 15.6. The lowest BCUT2D eigenvalue weighted by molar-refractivity contribution is -0.353. The number of nitrogens with one attached hydrogen (secondary N) is 1. The summed E-state index contributed by atoms with van der Waals surface area (Å²) in [5.74, 6) is -0.670. The fraction of sp³-hybridized carbons (Fsp3) is 0.462. The topological polar surface area (TPSA) is 38.3 Å². The van der Waals surface area contributed by atoms with E-state index in [0.29, 0.717) is 5.69 Å². The van der Waals surface area contributed by atoms with Gasteiger partial charge in [-0.1, -0.05) is 6.07 Å². The average molecular weight is 399 g/mol. The highest BCUT2D eigenvalue weighted by molar-refractivity contribution is 14.1. The van der Waals surface area contributed by atoms with Gasteiger partial charge in [-0.3, -0.25) is 9.53 Å². The summed E-state index contributed by atoms with van der Waals surface area (Å²) in [5, 5.41) is 2.76. The van der Waals surface area contributed by atoms with E-state index in [1.165, 1.54) is 0 Å². The van der Waals surface area contributed by atoms with Crippen LogP contribution in [0.2, 0.25) is 0 Å². The minimum Gasteiger partial charge on any atom is -0.326 e. The van der Waals surface area contributed by atoms with Gasteiger partial charge < -0.3 is 5.32 Å². The molecule has 0 saturated heterocycles. The van der Waals surface area contributed by atoms with Crippen molar-refractivity contribution in [2.75, 3.05) is 5.32 Å². The van der Waals surface area contributed by atoms with Gasteiger partial charge in [-0.15, -0.1) is 13.2 Å². The molecule has 1 aromatic rings. The van der Waals surface area contributed by atoms with Crippen LogP contribution in [0.1, 0.15) is 18.4 Å². The van der Waals surface area contributed by atoms with Gasteiger partial charge >= 0.3 is 6.36 Å².